The van der Waals surface area contributed by atoms with Crippen molar-refractivity contribution in [1.29, 1.82) is 0 Å². The summed E-state index contributed by atoms with van der Waals surface area (Å²) in [6, 6.07) is 10.5. The smallest absolute Gasteiger partial charge is 0.142 e. The number of rotatable bonds is 2. The van der Waals surface area contributed by atoms with Crippen molar-refractivity contribution in [1.82, 2.24) is 9.96 Å². The molecule has 0 aliphatic carbocycles. The van der Waals surface area contributed by atoms with Gasteiger partial charge in [-0.05, 0) is 37.1 Å². The van der Waals surface area contributed by atoms with E-state index < -0.39 is 0 Å². The Morgan fingerprint density at radius 2 is 1.76 bits per heavy atom. The van der Waals surface area contributed by atoms with Gasteiger partial charge in [0.2, 0.25) is 0 Å². The van der Waals surface area contributed by atoms with Gasteiger partial charge >= 0.3 is 0 Å². The quantitative estimate of drug-likeness (QED) is 0.777. The molecule has 3 aliphatic heterocycles. The molecule has 0 saturated heterocycles. The highest BCUT2D eigenvalue weighted by Crippen LogP contribution is 2.38. The van der Waals surface area contributed by atoms with Gasteiger partial charge in [-0.15, -0.1) is 24.8 Å². The summed E-state index contributed by atoms with van der Waals surface area (Å²) in [7, 11) is 1.69. The first-order valence-electron chi connectivity index (χ1n) is 7.77. The van der Waals surface area contributed by atoms with Gasteiger partial charge in [0.1, 0.15) is 18.2 Å². The van der Waals surface area contributed by atoms with E-state index >= 15 is 0 Å². The number of allylic oxidation sites excluding steroid dienone is 2. The van der Waals surface area contributed by atoms with Crippen molar-refractivity contribution in [2.45, 2.75) is 13.8 Å². The average molecular weight is 381 g/mol. The maximum atomic E-state index is 5.37. The fourth-order valence-corrected chi connectivity index (χ4v) is 3.19. The van der Waals surface area contributed by atoms with E-state index in [1.165, 1.54) is 16.8 Å². The van der Waals surface area contributed by atoms with Crippen LogP contribution in [0.15, 0.2) is 69.9 Å². The summed E-state index contributed by atoms with van der Waals surface area (Å²) >= 11 is 0. The number of hydrogen-bond acceptors (Lipinski definition) is 5. The molecule has 0 radical (unpaired) electrons. The second kappa shape index (κ2) is 7.52. The van der Waals surface area contributed by atoms with E-state index in [0.717, 1.165) is 23.8 Å². The van der Waals surface area contributed by atoms with Crippen LogP contribution in [0.3, 0.4) is 0 Å². The third-order valence-electron chi connectivity index (χ3n) is 4.61. The predicted octanol–water partition coefficient (Wildman–Crippen LogP) is 3.92. The minimum Gasteiger partial charge on any atom is -0.322 e. The van der Waals surface area contributed by atoms with Gasteiger partial charge in [0.05, 0.1) is 25.2 Å². The number of hydrogen-bond donors (Lipinski definition) is 0. The van der Waals surface area contributed by atoms with Crippen molar-refractivity contribution in [2.75, 3.05) is 25.2 Å². The summed E-state index contributed by atoms with van der Waals surface area (Å²) in [6.45, 7) is 5.89. The van der Waals surface area contributed by atoms with Crippen molar-refractivity contribution in [3.63, 3.8) is 0 Å². The molecule has 3 aliphatic rings. The van der Waals surface area contributed by atoms with Crippen LogP contribution in [0.5, 0.6) is 0 Å². The molecule has 0 amide bonds. The Bertz CT molecular complexity index is 771. The SMILES string of the molecule is CON1C=C2C=NC3=C(N2C1)N(c1ccccc1)CC(C)=C3C.Cl.Cl. The highest BCUT2D eigenvalue weighted by Gasteiger charge is 2.35. The van der Waals surface area contributed by atoms with Crippen LogP contribution in [0.4, 0.5) is 5.69 Å². The zero-order chi connectivity index (χ0) is 16.0. The zero-order valence-electron chi connectivity index (χ0n) is 14.5. The Labute approximate surface area is 160 Å². The monoisotopic (exact) mass is 380 g/mol. The Morgan fingerprint density at radius 3 is 2.44 bits per heavy atom. The highest BCUT2D eigenvalue weighted by molar-refractivity contribution is 5.85. The standard InChI is InChI=1S/C18H20N4O.2ClH/c1-13-10-21(15-7-5-4-6-8-15)18-17(14(13)2)19-9-16-11-20(23-3)12-22(16)18;;/h4-9,11H,10,12H2,1-3H3;2*1H. The third-order valence-corrected chi connectivity index (χ3v) is 4.61. The van der Waals surface area contributed by atoms with Gasteiger partial charge in [-0.3, -0.25) is 9.83 Å². The lowest BCUT2D eigenvalue weighted by Gasteiger charge is -2.40. The fraction of sp³-hybridized carbons (Fsp3) is 0.278. The zero-order valence-corrected chi connectivity index (χ0v) is 16.1. The largest absolute Gasteiger partial charge is 0.322 e. The van der Waals surface area contributed by atoms with Crippen LogP contribution in [-0.2, 0) is 4.84 Å². The molecule has 1 aromatic carbocycles. The number of halogens is 2. The Kier molecular flexibility index (Phi) is 5.83. The fourth-order valence-electron chi connectivity index (χ4n) is 3.19. The van der Waals surface area contributed by atoms with E-state index in [2.05, 4.69) is 47.9 Å². The summed E-state index contributed by atoms with van der Waals surface area (Å²) in [5.41, 5.74) is 5.89. The van der Waals surface area contributed by atoms with Gasteiger partial charge in [-0.25, -0.2) is 5.06 Å². The third kappa shape index (κ3) is 3.15. The molecule has 0 saturated carbocycles. The van der Waals surface area contributed by atoms with Crippen LogP contribution in [0.25, 0.3) is 0 Å². The van der Waals surface area contributed by atoms with Crippen molar-refractivity contribution >= 4 is 36.7 Å². The van der Waals surface area contributed by atoms with E-state index in [-0.39, 0.29) is 24.8 Å². The molecule has 0 atom stereocenters. The normalized spacial score (nSPS) is 18.5. The van der Waals surface area contributed by atoms with Gasteiger partial charge in [0, 0.05) is 12.2 Å². The van der Waals surface area contributed by atoms with E-state index in [0.29, 0.717) is 6.67 Å². The van der Waals surface area contributed by atoms with Crippen LogP contribution in [0.1, 0.15) is 13.8 Å². The van der Waals surface area contributed by atoms with E-state index in [4.69, 9.17) is 9.83 Å². The summed E-state index contributed by atoms with van der Waals surface area (Å²) in [6.07, 6.45) is 3.90. The van der Waals surface area contributed by atoms with Crippen molar-refractivity contribution < 1.29 is 4.84 Å². The molecule has 0 aromatic heterocycles. The van der Waals surface area contributed by atoms with E-state index in [1.54, 1.807) is 7.11 Å². The summed E-state index contributed by atoms with van der Waals surface area (Å²) < 4.78 is 0. The molecule has 0 unspecified atom stereocenters. The van der Waals surface area contributed by atoms with Crippen molar-refractivity contribution in [3.05, 3.63) is 64.9 Å². The summed E-state index contributed by atoms with van der Waals surface area (Å²) in [5, 5.41) is 1.82. The number of para-hydroxylation sites is 1. The van der Waals surface area contributed by atoms with Gasteiger partial charge in [-0.2, -0.15) is 0 Å². The van der Waals surface area contributed by atoms with Gasteiger partial charge in [-0.1, -0.05) is 18.2 Å². The molecule has 0 fully saturated rings. The summed E-state index contributed by atoms with van der Waals surface area (Å²) in [5.74, 6) is 1.13. The van der Waals surface area contributed by atoms with Gasteiger partial charge in [0.25, 0.3) is 0 Å². The second-order valence-corrected chi connectivity index (χ2v) is 5.98. The first-order chi connectivity index (χ1) is 11.2. The number of hydroxylamine groups is 2. The number of aliphatic imine (C=N–C) groups is 1. The molecule has 3 heterocycles. The van der Waals surface area contributed by atoms with Crippen LogP contribution in [0.2, 0.25) is 0 Å². The number of nitrogens with zero attached hydrogens (tertiary/aromatic N) is 4. The van der Waals surface area contributed by atoms with Gasteiger partial charge < -0.3 is 9.80 Å². The molecule has 0 N–H and O–H groups in total. The molecule has 0 bridgehead atoms. The number of fused-ring (bicyclic) bond motifs is 2. The van der Waals surface area contributed by atoms with Crippen LogP contribution < -0.4 is 4.90 Å². The second-order valence-electron chi connectivity index (χ2n) is 5.98. The van der Waals surface area contributed by atoms with E-state index in [1.807, 2.05) is 23.5 Å². The van der Waals surface area contributed by atoms with Crippen molar-refractivity contribution in [2.24, 2.45) is 4.99 Å². The maximum Gasteiger partial charge on any atom is 0.142 e. The maximum absolute atomic E-state index is 5.37. The van der Waals surface area contributed by atoms with Gasteiger partial charge in [0.15, 0.2) is 0 Å². The van der Waals surface area contributed by atoms with Crippen LogP contribution >= 0.6 is 24.8 Å². The lowest BCUT2D eigenvalue weighted by molar-refractivity contribution is -0.0951. The molecule has 25 heavy (non-hydrogen) atoms. The van der Waals surface area contributed by atoms with E-state index in [9.17, 15) is 0 Å². The number of benzene rings is 1. The van der Waals surface area contributed by atoms with Crippen molar-refractivity contribution in [3.8, 4) is 0 Å². The Hall–Kier alpha value is -1.95. The first-order valence-corrected chi connectivity index (χ1v) is 7.77. The molecule has 134 valence electrons. The first kappa shape index (κ1) is 19.4. The molecular formula is C18H22Cl2N4O. The minimum absolute atomic E-state index is 0. The Balaban J connectivity index is 0.00000113. The molecular weight excluding hydrogens is 359 g/mol. The van der Waals surface area contributed by atoms with Crippen LogP contribution in [-0.4, -0.2) is 36.5 Å². The highest BCUT2D eigenvalue weighted by atomic mass is 35.5. The lowest BCUT2D eigenvalue weighted by atomic mass is 10.0. The topological polar surface area (TPSA) is 31.3 Å². The molecule has 7 heteroatoms. The predicted molar refractivity (Wildman–Crippen MR) is 106 cm³/mol. The number of anilines is 1. The summed E-state index contributed by atoms with van der Waals surface area (Å²) in [4.78, 5) is 14.7. The Morgan fingerprint density at radius 1 is 1.04 bits per heavy atom. The molecule has 5 nitrogen and oxygen atoms in total. The minimum atomic E-state index is 0. The van der Waals surface area contributed by atoms with Crippen LogP contribution in [0, 0.1) is 0 Å². The average Bonchev–Trinajstić information content (AvgIpc) is 3.02. The lowest BCUT2D eigenvalue weighted by Crippen LogP contribution is -2.41. The molecule has 0 spiro atoms. The molecule has 4 rings (SSSR count). The molecule has 1 aromatic rings.